The Morgan fingerprint density at radius 2 is 2.19 bits per heavy atom. The average molecular weight is 220 g/mol. The third-order valence-corrected chi connectivity index (χ3v) is 2.60. The van der Waals surface area contributed by atoms with E-state index < -0.39 is 0 Å². The molecule has 0 saturated carbocycles. The highest BCUT2D eigenvalue weighted by atomic mass is 19.1. The van der Waals surface area contributed by atoms with Gasteiger partial charge in [0.2, 0.25) is 5.88 Å². The van der Waals surface area contributed by atoms with Crippen LogP contribution < -0.4 is 5.73 Å². The molecule has 0 fully saturated rings. The second-order valence-electron chi connectivity index (χ2n) is 3.69. The number of nitrogens with two attached hydrogens (primary N) is 1. The first-order chi connectivity index (χ1) is 7.63. The monoisotopic (exact) mass is 220 g/mol. The maximum atomic E-state index is 13.1. The Bertz CT molecular complexity index is 520. The van der Waals surface area contributed by atoms with Gasteiger partial charge in [-0.15, -0.1) is 0 Å². The lowest BCUT2D eigenvalue weighted by molar-refractivity contribution is 0.438. The summed E-state index contributed by atoms with van der Waals surface area (Å²) >= 11 is 0. The van der Waals surface area contributed by atoms with Crippen LogP contribution in [0.2, 0.25) is 0 Å². The van der Waals surface area contributed by atoms with E-state index in [1.165, 1.54) is 6.07 Å². The number of anilines is 1. The van der Waals surface area contributed by atoms with E-state index in [0.717, 1.165) is 17.5 Å². The van der Waals surface area contributed by atoms with Crippen molar-refractivity contribution >= 4 is 5.88 Å². The molecule has 0 bridgehead atoms. The van der Waals surface area contributed by atoms with Crippen molar-refractivity contribution < 1.29 is 8.91 Å². The number of nitrogen functional groups attached to an aromatic ring is 1. The molecule has 0 aliphatic rings. The molecular formula is C12H13FN2O. The molecule has 2 N–H and O–H groups in total. The minimum Gasteiger partial charge on any atom is -0.367 e. The van der Waals surface area contributed by atoms with Gasteiger partial charge in [0.1, 0.15) is 11.5 Å². The Hall–Kier alpha value is -1.84. The van der Waals surface area contributed by atoms with Crippen LogP contribution in [0.15, 0.2) is 22.7 Å². The van der Waals surface area contributed by atoms with Crippen LogP contribution in [0.5, 0.6) is 0 Å². The maximum Gasteiger partial charge on any atom is 0.225 e. The highest BCUT2D eigenvalue weighted by Crippen LogP contribution is 2.28. The SMILES string of the molecule is CCc1c(-c2ccc(F)c(C)c2)noc1N. The van der Waals surface area contributed by atoms with Crippen molar-refractivity contribution in [3.63, 3.8) is 0 Å². The van der Waals surface area contributed by atoms with Gasteiger partial charge < -0.3 is 10.3 Å². The number of hydrogen-bond donors (Lipinski definition) is 1. The molecule has 4 heteroatoms. The lowest BCUT2D eigenvalue weighted by Crippen LogP contribution is -1.91. The molecule has 0 saturated heterocycles. The molecule has 0 aliphatic heterocycles. The minimum absolute atomic E-state index is 0.224. The van der Waals surface area contributed by atoms with Crippen LogP contribution in [0.4, 0.5) is 10.3 Å². The fourth-order valence-electron chi connectivity index (χ4n) is 1.68. The number of rotatable bonds is 2. The largest absolute Gasteiger partial charge is 0.367 e. The highest BCUT2D eigenvalue weighted by Gasteiger charge is 2.14. The summed E-state index contributed by atoms with van der Waals surface area (Å²) in [5, 5.41) is 3.91. The number of nitrogens with zero attached hydrogens (tertiary/aromatic N) is 1. The zero-order chi connectivity index (χ0) is 11.7. The summed E-state index contributed by atoms with van der Waals surface area (Å²) in [5.74, 6) is 0.109. The minimum atomic E-state index is -0.224. The molecular weight excluding hydrogens is 207 g/mol. The van der Waals surface area contributed by atoms with Crippen molar-refractivity contribution in [2.75, 3.05) is 5.73 Å². The lowest BCUT2D eigenvalue weighted by Gasteiger charge is -2.01. The van der Waals surface area contributed by atoms with Crippen molar-refractivity contribution in [3.05, 3.63) is 35.1 Å². The Morgan fingerprint density at radius 3 is 2.81 bits per heavy atom. The number of hydrogen-bond acceptors (Lipinski definition) is 3. The van der Waals surface area contributed by atoms with Gasteiger partial charge in [-0.2, -0.15) is 0 Å². The van der Waals surface area contributed by atoms with Gasteiger partial charge in [0.05, 0.1) is 0 Å². The standard InChI is InChI=1S/C12H13FN2O/c1-3-9-11(15-16-12(9)14)8-4-5-10(13)7(2)6-8/h4-6H,3,14H2,1-2H3. The van der Waals surface area contributed by atoms with E-state index >= 15 is 0 Å². The number of aromatic nitrogens is 1. The first kappa shape index (κ1) is 10.7. The number of benzene rings is 1. The van der Waals surface area contributed by atoms with Crippen molar-refractivity contribution in [2.24, 2.45) is 0 Å². The van der Waals surface area contributed by atoms with E-state index in [2.05, 4.69) is 5.16 Å². The summed E-state index contributed by atoms with van der Waals surface area (Å²) in [6.07, 6.45) is 0.737. The van der Waals surface area contributed by atoms with E-state index in [0.29, 0.717) is 17.1 Å². The van der Waals surface area contributed by atoms with Crippen LogP contribution in [0.25, 0.3) is 11.3 Å². The maximum absolute atomic E-state index is 13.1. The quantitative estimate of drug-likeness (QED) is 0.846. The van der Waals surface area contributed by atoms with E-state index in [1.807, 2.05) is 6.92 Å². The predicted molar refractivity (Wildman–Crippen MR) is 60.4 cm³/mol. The summed E-state index contributed by atoms with van der Waals surface area (Å²) in [6, 6.07) is 4.85. The first-order valence-corrected chi connectivity index (χ1v) is 5.14. The molecule has 84 valence electrons. The Kier molecular flexibility index (Phi) is 2.64. The van der Waals surface area contributed by atoms with Crippen molar-refractivity contribution in [1.29, 1.82) is 0 Å². The zero-order valence-electron chi connectivity index (χ0n) is 9.25. The molecule has 2 rings (SSSR count). The molecule has 16 heavy (non-hydrogen) atoms. The van der Waals surface area contributed by atoms with Crippen LogP contribution in [0.1, 0.15) is 18.1 Å². The number of halogens is 1. The number of aryl methyl sites for hydroxylation is 1. The fourth-order valence-corrected chi connectivity index (χ4v) is 1.68. The molecule has 0 amide bonds. The van der Waals surface area contributed by atoms with Gasteiger partial charge in [-0.05, 0) is 37.1 Å². The summed E-state index contributed by atoms with van der Waals surface area (Å²) in [7, 11) is 0. The molecule has 0 unspecified atom stereocenters. The summed E-state index contributed by atoms with van der Waals surface area (Å²) < 4.78 is 18.1. The van der Waals surface area contributed by atoms with Gasteiger partial charge >= 0.3 is 0 Å². The second-order valence-corrected chi connectivity index (χ2v) is 3.69. The molecule has 1 heterocycles. The van der Waals surface area contributed by atoms with E-state index in [-0.39, 0.29) is 5.82 Å². The third-order valence-electron chi connectivity index (χ3n) is 2.60. The van der Waals surface area contributed by atoms with Gasteiger partial charge in [0.15, 0.2) is 0 Å². The van der Waals surface area contributed by atoms with Crippen LogP contribution in [-0.2, 0) is 6.42 Å². The van der Waals surface area contributed by atoms with Gasteiger partial charge in [0, 0.05) is 11.1 Å². The van der Waals surface area contributed by atoms with Crippen molar-refractivity contribution in [2.45, 2.75) is 20.3 Å². The fraction of sp³-hybridized carbons (Fsp3) is 0.250. The van der Waals surface area contributed by atoms with Crippen LogP contribution in [0, 0.1) is 12.7 Å². The van der Waals surface area contributed by atoms with Gasteiger partial charge in [-0.25, -0.2) is 4.39 Å². The van der Waals surface area contributed by atoms with Crippen molar-refractivity contribution in [1.82, 2.24) is 5.16 Å². The first-order valence-electron chi connectivity index (χ1n) is 5.14. The Balaban J connectivity index is 2.54. The van der Waals surface area contributed by atoms with Crippen molar-refractivity contribution in [3.8, 4) is 11.3 Å². The third kappa shape index (κ3) is 1.66. The Morgan fingerprint density at radius 1 is 1.44 bits per heavy atom. The molecule has 0 aliphatic carbocycles. The van der Waals surface area contributed by atoms with E-state index in [1.54, 1.807) is 19.1 Å². The van der Waals surface area contributed by atoms with E-state index in [4.69, 9.17) is 10.3 Å². The van der Waals surface area contributed by atoms with Crippen LogP contribution in [0.3, 0.4) is 0 Å². The summed E-state index contributed by atoms with van der Waals surface area (Å²) in [6.45, 7) is 3.69. The van der Waals surface area contributed by atoms with Gasteiger partial charge in [0.25, 0.3) is 0 Å². The topological polar surface area (TPSA) is 52.0 Å². The van der Waals surface area contributed by atoms with Gasteiger partial charge in [-0.1, -0.05) is 12.1 Å². The van der Waals surface area contributed by atoms with Gasteiger partial charge in [-0.3, -0.25) is 0 Å². The van der Waals surface area contributed by atoms with E-state index in [9.17, 15) is 4.39 Å². The normalized spacial score (nSPS) is 10.7. The molecule has 0 spiro atoms. The lowest BCUT2D eigenvalue weighted by atomic mass is 10.0. The average Bonchev–Trinajstić information content (AvgIpc) is 2.63. The smallest absolute Gasteiger partial charge is 0.225 e. The summed E-state index contributed by atoms with van der Waals surface area (Å²) in [4.78, 5) is 0. The molecule has 1 aromatic heterocycles. The molecule has 1 aromatic carbocycles. The predicted octanol–water partition coefficient (Wildman–Crippen LogP) is 2.93. The summed E-state index contributed by atoms with van der Waals surface area (Å²) in [5.41, 5.74) is 8.63. The molecule has 0 radical (unpaired) electrons. The Labute approximate surface area is 93.1 Å². The second kappa shape index (κ2) is 3.96. The zero-order valence-corrected chi connectivity index (χ0v) is 9.25. The molecule has 2 aromatic rings. The molecule has 3 nitrogen and oxygen atoms in total. The molecule has 0 atom stereocenters. The van der Waals surface area contributed by atoms with Crippen LogP contribution >= 0.6 is 0 Å². The highest BCUT2D eigenvalue weighted by molar-refractivity contribution is 5.67. The van der Waals surface area contributed by atoms with Crippen LogP contribution in [-0.4, -0.2) is 5.16 Å².